The van der Waals surface area contributed by atoms with Gasteiger partial charge in [0.15, 0.2) is 0 Å². The third-order valence-electron chi connectivity index (χ3n) is 6.11. The first-order chi connectivity index (χ1) is 14.0. The molecule has 2 amide bonds. The molecule has 1 N–H and O–H groups in total. The van der Waals surface area contributed by atoms with Crippen molar-refractivity contribution in [2.24, 2.45) is 0 Å². The molecule has 0 bridgehead atoms. The van der Waals surface area contributed by atoms with E-state index in [9.17, 15) is 9.59 Å². The first-order valence-corrected chi connectivity index (χ1v) is 9.81. The van der Waals surface area contributed by atoms with Gasteiger partial charge in [-0.3, -0.25) is 14.7 Å². The first-order valence-electron chi connectivity index (χ1n) is 9.81. The molecule has 0 atom stereocenters. The van der Waals surface area contributed by atoms with Crippen LogP contribution in [-0.2, 0) is 22.6 Å². The van der Waals surface area contributed by atoms with Gasteiger partial charge in [-0.2, -0.15) is 5.10 Å². The molecular weight excluding hydrogens is 364 g/mol. The number of aromatic nitrogens is 2. The number of likely N-dealkylation sites (tertiary alicyclic amines) is 1. The van der Waals surface area contributed by atoms with Gasteiger partial charge < -0.3 is 9.80 Å². The number of benzene rings is 2. The van der Waals surface area contributed by atoms with E-state index in [2.05, 4.69) is 35.0 Å². The number of fused-ring (bicyclic) bond motifs is 2. The van der Waals surface area contributed by atoms with Gasteiger partial charge in [0.1, 0.15) is 0 Å². The van der Waals surface area contributed by atoms with E-state index >= 15 is 0 Å². The van der Waals surface area contributed by atoms with E-state index in [-0.39, 0.29) is 11.8 Å². The fourth-order valence-electron chi connectivity index (χ4n) is 4.41. The average molecular weight is 386 g/mol. The number of anilines is 1. The Morgan fingerprint density at radius 3 is 2.86 bits per heavy atom. The van der Waals surface area contributed by atoms with E-state index < -0.39 is 0 Å². The lowest BCUT2D eigenvalue weighted by Crippen LogP contribution is -2.47. The predicted molar refractivity (Wildman–Crippen MR) is 112 cm³/mol. The molecule has 3 aromatic rings. The van der Waals surface area contributed by atoms with Crippen LogP contribution in [0.5, 0.6) is 0 Å². The molecule has 1 fully saturated rings. The summed E-state index contributed by atoms with van der Waals surface area (Å²) in [5.41, 5.74) is 6.40. The minimum absolute atomic E-state index is 0.0196. The molecule has 0 saturated carbocycles. The van der Waals surface area contributed by atoms with Crippen molar-refractivity contribution in [1.29, 1.82) is 0 Å². The smallest absolute Gasteiger partial charge is 0.245 e. The van der Waals surface area contributed by atoms with Crippen molar-refractivity contribution >= 4 is 28.4 Å². The Morgan fingerprint density at radius 1 is 1.24 bits per heavy atom. The number of aryl methyl sites for hydroxylation is 1. The van der Waals surface area contributed by atoms with Gasteiger partial charge in [-0.25, -0.2) is 0 Å². The minimum atomic E-state index is -0.0196. The number of rotatable bonds is 3. The average Bonchev–Trinajstić information content (AvgIpc) is 3.15. The lowest BCUT2D eigenvalue weighted by atomic mass is 9.87. The number of hydrogen-bond acceptors (Lipinski definition) is 3. The summed E-state index contributed by atoms with van der Waals surface area (Å²) in [5, 5.41) is 8.10. The Bertz CT molecular complexity index is 1160. The lowest BCUT2D eigenvalue weighted by Gasteiger charge is -2.39. The van der Waals surface area contributed by atoms with Gasteiger partial charge in [0.2, 0.25) is 11.8 Å². The molecule has 2 aliphatic heterocycles. The highest BCUT2D eigenvalue weighted by Crippen LogP contribution is 2.35. The number of aromatic amines is 1. The summed E-state index contributed by atoms with van der Waals surface area (Å²) in [6, 6.07) is 10.4. The minimum Gasteiger partial charge on any atom is -0.338 e. The number of carbonyl (C=O) groups is 2. The summed E-state index contributed by atoms with van der Waals surface area (Å²) >= 11 is 0. The molecule has 1 aromatic heterocycles. The molecule has 0 aliphatic carbocycles. The quantitative estimate of drug-likeness (QED) is 0.704. The van der Waals surface area contributed by atoms with E-state index in [4.69, 9.17) is 0 Å². The molecule has 146 valence electrons. The van der Waals surface area contributed by atoms with Gasteiger partial charge in [0, 0.05) is 24.4 Å². The van der Waals surface area contributed by atoms with Crippen LogP contribution in [0.1, 0.15) is 28.2 Å². The molecule has 2 aromatic carbocycles. The molecule has 0 unspecified atom stereocenters. The zero-order valence-corrected chi connectivity index (χ0v) is 16.3. The Balaban J connectivity index is 1.42. The van der Waals surface area contributed by atoms with Crippen molar-refractivity contribution in [3.63, 3.8) is 0 Å². The topological polar surface area (TPSA) is 69.3 Å². The van der Waals surface area contributed by atoms with Gasteiger partial charge >= 0.3 is 0 Å². The largest absolute Gasteiger partial charge is 0.338 e. The summed E-state index contributed by atoms with van der Waals surface area (Å²) in [6.07, 6.45) is 3.54. The van der Waals surface area contributed by atoms with Gasteiger partial charge in [-0.05, 0) is 41.3 Å². The number of H-pyrrole nitrogens is 1. The van der Waals surface area contributed by atoms with Gasteiger partial charge in [0.25, 0.3) is 0 Å². The molecule has 3 heterocycles. The van der Waals surface area contributed by atoms with Crippen LogP contribution >= 0.6 is 0 Å². The molecule has 6 heteroatoms. The Kier molecular flexibility index (Phi) is 4.01. The zero-order chi connectivity index (χ0) is 20.1. The summed E-state index contributed by atoms with van der Waals surface area (Å²) in [5.74, 6) is 0.414. The van der Waals surface area contributed by atoms with E-state index in [0.717, 1.165) is 27.7 Å². The summed E-state index contributed by atoms with van der Waals surface area (Å²) < 4.78 is 0. The van der Waals surface area contributed by atoms with Crippen LogP contribution < -0.4 is 4.90 Å². The van der Waals surface area contributed by atoms with E-state index in [1.807, 2.05) is 24.0 Å². The number of carbonyl (C=O) groups excluding carboxylic acids is 2. The predicted octanol–water partition coefficient (Wildman–Crippen LogP) is 3.07. The molecule has 2 aliphatic rings. The Morgan fingerprint density at radius 2 is 2.07 bits per heavy atom. The van der Waals surface area contributed by atoms with Crippen LogP contribution in [0.3, 0.4) is 0 Å². The second kappa shape index (κ2) is 6.58. The van der Waals surface area contributed by atoms with E-state index in [1.165, 1.54) is 17.2 Å². The highest BCUT2D eigenvalue weighted by Gasteiger charge is 2.32. The van der Waals surface area contributed by atoms with Crippen molar-refractivity contribution < 1.29 is 9.59 Å². The zero-order valence-electron chi connectivity index (χ0n) is 16.3. The Hall–Kier alpha value is -3.41. The second-order valence-electron chi connectivity index (χ2n) is 7.89. The molecule has 29 heavy (non-hydrogen) atoms. The monoisotopic (exact) mass is 386 g/mol. The van der Waals surface area contributed by atoms with Crippen LogP contribution in [0.4, 0.5) is 5.69 Å². The lowest BCUT2D eigenvalue weighted by molar-refractivity contribution is -0.130. The highest BCUT2D eigenvalue weighted by atomic mass is 16.2. The van der Waals surface area contributed by atoms with Crippen LogP contribution in [0.25, 0.3) is 10.9 Å². The molecular formula is C23H22N4O2. The second-order valence-corrected chi connectivity index (χ2v) is 7.89. The van der Waals surface area contributed by atoms with Crippen LogP contribution in [0, 0.1) is 6.92 Å². The summed E-state index contributed by atoms with van der Waals surface area (Å²) in [6.45, 7) is 7.56. The van der Waals surface area contributed by atoms with Crippen molar-refractivity contribution in [3.8, 4) is 0 Å². The molecule has 0 spiro atoms. The van der Waals surface area contributed by atoms with Gasteiger partial charge in [-0.1, -0.05) is 30.8 Å². The third-order valence-corrected chi connectivity index (χ3v) is 6.11. The van der Waals surface area contributed by atoms with Gasteiger partial charge in [-0.15, -0.1) is 0 Å². The number of nitrogens with zero attached hydrogens (tertiary/aromatic N) is 3. The first kappa shape index (κ1) is 17.7. The van der Waals surface area contributed by atoms with Crippen molar-refractivity contribution in [1.82, 2.24) is 15.1 Å². The standard InChI is InChI=1S/C23H22N4O2/c1-3-21(28)26-11-18(12-26)15-5-6-16-13-27(22(29)9-17(16)8-15)23-14(2)4-7-20-19(23)10-24-25-20/h3-8,10,18H,1,9,11-13H2,2H3,(H,24,25). The van der Waals surface area contributed by atoms with E-state index in [0.29, 0.717) is 32.0 Å². The normalized spacial score (nSPS) is 16.7. The SMILES string of the molecule is C=CC(=O)N1CC(c2ccc3c(c2)CC(=O)N(c2c(C)ccc4[nH]ncc24)C3)C1. The number of nitrogens with one attached hydrogen (secondary N) is 1. The van der Waals surface area contributed by atoms with Crippen LogP contribution in [0.2, 0.25) is 0 Å². The summed E-state index contributed by atoms with van der Waals surface area (Å²) in [4.78, 5) is 28.4. The maximum Gasteiger partial charge on any atom is 0.245 e. The summed E-state index contributed by atoms with van der Waals surface area (Å²) in [7, 11) is 0. The van der Waals surface area contributed by atoms with E-state index in [1.54, 1.807) is 11.1 Å². The Labute approximate surface area is 168 Å². The maximum atomic E-state index is 13.1. The molecule has 0 radical (unpaired) electrons. The molecule has 5 rings (SSSR count). The maximum absolute atomic E-state index is 13.1. The number of hydrogen-bond donors (Lipinski definition) is 1. The van der Waals surface area contributed by atoms with Crippen LogP contribution in [0.15, 0.2) is 49.2 Å². The van der Waals surface area contributed by atoms with Crippen molar-refractivity contribution in [3.05, 3.63) is 71.4 Å². The van der Waals surface area contributed by atoms with Crippen molar-refractivity contribution in [2.75, 3.05) is 18.0 Å². The fraction of sp³-hybridized carbons (Fsp3) is 0.261. The fourth-order valence-corrected chi connectivity index (χ4v) is 4.41. The van der Waals surface area contributed by atoms with Gasteiger partial charge in [0.05, 0.1) is 30.4 Å². The number of amides is 2. The third kappa shape index (κ3) is 2.83. The molecule has 1 saturated heterocycles. The van der Waals surface area contributed by atoms with Crippen LogP contribution in [-0.4, -0.2) is 40.0 Å². The highest BCUT2D eigenvalue weighted by molar-refractivity contribution is 6.05. The van der Waals surface area contributed by atoms with Crippen molar-refractivity contribution in [2.45, 2.75) is 25.8 Å². The molecule has 6 nitrogen and oxygen atoms in total.